The molecule has 0 aromatic carbocycles. The summed E-state index contributed by atoms with van der Waals surface area (Å²) in [6, 6.07) is 0.642. The zero-order chi connectivity index (χ0) is 13.8. The Morgan fingerprint density at radius 2 is 2.00 bits per heavy atom. The van der Waals surface area contributed by atoms with Crippen LogP contribution in [0.15, 0.2) is 0 Å². The predicted molar refractivity (Wildman–Crippen MR) is 72.9 cm³/mol. The van der Waals surface area contributed by atoms with Crippen molar-refractivity contribution in [3.05, 3.63) is 0 Å². The third-order valence-electron chi connectivity index (χ3n) is 4.38. The van der Waals surface area contributed by atoms with Crippen molar-refractivity contribution in [1.82, 2.24) is 9.80 Å². The number of carbonyl (C=O) groups excluding carboxylic acids is 1. The molecule has 2 saturated heterocycles. The molecule has 0 aromatic rings. The minimum atomic E-state index is -0.0342. The van der Waals surface area contributed by atoms with Gasteiger partial charge in [-0.1, -0.05) is 0 Å². The van der Waals surface area contributed by atoms with E-state index < -0.39 is 0 Å². The number of ether oxygens (including phenoxy) is 1. The van der Waals surface area contributed by atoms with Crippen LogP contribution in [0.5, 0.6) is 0 Å². The van der Waals surface area contributed by atoms with Crippen molar-refractivity contribution in [2.75, 3.05) is 32.9 Å². The van der Waals surface area contributed by atoms with Crippen LogP contribution in [0.4, 0.5) is 0 Å². The van der Waals surface area contributed by atoms with E-state index in [1.54, 1.807) is 0 Å². The number of nitrogens with zero attached hydrogens (tertiary/aromatic N) is 2. The van der Waals surface area contributed by atoms with Crippen molar-refractivity contribution in [2.45, 2.75) is 51.2 Å². The Hall–Kier alpha value is -0.650. The molecule has 2 fully saturated rings. The monoisotopic (exact) mass is 270 g/mol. The lowest BCUT2D eigenvalue weighted by molar-refractivity contribution is -0.141. The van der Waals surface area contributed by atoms with Crippen LogP contribution >= 0.6 is 0 Å². The van der Waals surface area contributed by atoms with E-state index >= 15 is 0 Å². The van der Waals surface area contributed by atoms with Gasteiger partial charge in [-0.05, 0) is 33.1 Å². The fourth-order valence-electron chi connectivity index (χ4n) is 3.23. The molecule has 0 spiro atoms. The van der Waals surface area contributed by atoms with Gasteiger partial charge in [0, 0.05) is 18.6 Å². The molecule has 5 heteroatoms. The van der Waals surface area contributed by atoms with Crippen LogP contribution in [0.3, 0.4) is 0 Å². The molecule has 3 unspecified atom stereocenters. The number of hydrogen-bond acceptors (Lipinski definition) is 4. The number of amides is 1. The topological polar surface area (TPSA) is 53.0 Å². The fraction of sp³-hybridized carbons (Fsp3) is 0.929. The van der Waals surface area contributed by atoms with Crippen LogP contribution in [0.25, 0.3) is 0 Å². The van der Waals surface area contributed by atoms with Gasteiger partial charge in [-0.15, -0.1) is 0 Å². The molecule has 0 saturated carbocycles. The summed E-state index contributed by atoms with van der Waals surface area (Å²) in [5, 5.41) is 9.34. The van der Waals surface area contributed by atoms with E-state index in [4.69, 9.17) is 4.74 Å². The summed E-state index contributed by atoms with van der Waals surface area (Å²) in [5.41, 5.74) is 0. The predicted octanol–water partition coefficient (Wildman–Crippen LogP) is 0.469. The zero-order valence-electron chi connectivity index (χ0n) is 12.0. The van der Waals surface area contributed by atoms with Gasteiger partial charge in [0.05, 0.1) is 32.4 Å². The zero-order valence-corrected chi connectivity index (χ0v) is 12.0. The summed E-state index contributed by atoms with van der Waals surface area (Å²) in [7, 11) is 0. The van der Waals surface area contributed by atoms with E-state index in [2.05, 4.69) is 18.7 Å². The largest absolute Gasteiger partial charge is 0.395 e. The van der Waals surface area contributed by atoms with Crippen molar-refractivity contribution in [3.8, 4) is 0 Å². The standard InChI is InChI=1S/C14H26N2O3/c1-11-4-3-5-12(2)16(11)14(18)8-15-6-7-19-10-13(15)9-17/h11-13,17H,3-10H2,1-2H3. The van der Waals surface area contributed by atoms with Gasteiger partial charge in [0.1, 0.15) is 0 Å². The Kier molecular flexibility index (Phi) is 5.19. The van der Waals surface area contributed by atoms with Gasteiger partial charge in [0.25, 0.3) is 0 Å². The van der Waals surface area contributed by atoms with Crippen LogP contribution in [-0.4, -0.2) is 71.8 Å². The van der Waals surface area contributed by atoms with Crippen LogP contribution in [0.2, 0.25) is 0 Å². The van der Waals surface area contributed by atoms with Crippen molar-refractivity contribution in [2.24, 2.45) is 0 Å². The third-order valence-corrected chi connectivity index (χ3v) is 4.38. The number of piperidine rings is 1. The Bertz CT molecular complexity index is 301. The van der Waals surface area contributed by atoms with Gasteiger partial charge in [-0.2, -0.15) is 0 Å². The molecule has 3 atom stereocenters. The maximum absolute atomic E-state index is 12.5. The smallest absolute Gasteiger partial charge is 0.237 e. The minimum Gasteiger partial charge on any atom is -0.395 e. The lowest BCUT2D eigenvalue weighted by atomic mass is 9.97. The molecule has 2 rings (SSSR count). The normalized spacial score (nSPS) is 33.4. The van der Waals surface area contributed by atoms with E-state index in [0.29, 0.717) is 31.8 Å². The molecule has 110 valence electrons. The fourth-order valence-corrected chi connectivity index (χ4v) is 3.23. The molecule has 1 amide bonds. The first-order valence-electron chi connectivity index (χ1n) is 7.37. The maximum Gasteiger partial charge on any atom is 0.237 e. The highest BCUT2D eigenvalue weighted by Crippen LogP contribution is 2.23. The summed E-state index contributed by atoms with van der Waals surface area (Å²) in [6.07, 6.45) is 3.41. The number of aliphatic hydroxyl groups is 1. The Morgan fingerprint density at radius 1 is 1.32 bits per heavy atom. The van der Waals surface area contributed by atoms with Gasteiger partial charge in [-0.25, -0.2) is 0 Å². The second-order valence-corrected chi connectivity index (χ2v) is 5.81. The molecule has 0 bridgehead atoms. The Labute approximate surface area is 115 Å². The highest BCUT2D eigenvalue weighted by Gasteiger charge is 2.32. The molecule has 2 aliphatic rings. The summed E-state index contributed by atoms with van der Waals surface area (Å²) in [6.45, 7) is 6.63. The summed E-state index contributed by atoms with van der Waals surface area (Å²) < 4.78 is 5.35. The van der Waals surface area contributed by atoms with E-state index in [1.165, 1.54) is 6.42 Å². The van der Waals surface area contributed by atoms with E-state index in [9.17, 15) is 9.90 Å². The van der Waals surface area contributed by atoms with Crippen molar-refractivity contribution >= 4 is 5.91 Å². The second kappa shape index (κ2) is 6.68. The molecule has 2 aliphatic heterocycles. The van der Waals surface area contributed by atoms with E-state index in [-0.39, 0.29) is 18.6 Å². The summed E-state index contributed by atoms with van der Waals surface area (Å²) in [5.74, 6) is 0.194. The molecule has 2 heterocycles. The van der Waals surface area contributed by atoms with Crippen molar-refractivity contribution in [3.63, 3.8) is 0 Å². The number of rotatable bonds is 3. The average Bonchev–Trinajstić information content (AvgIpc) is 2.39. The van der Waals surface area contributed by atoms with Crippen molar-refractivity contribution < 1.29 is 14.6 Å². The van der Waals surface area contributed by atoms with Gasteiger partial charge >= 0.3 is 0 Å². The SMILES string of the molecule is CC1CCCC(C)N1C(=O)CN1CCOCC1CO. The molecular formula is C14H26N2O3. The summed E-state index contributed by atoms with van der Waals surface area (Å²) in [4.78, 5) is 16.6. The molecule has 19 heavy (non-hydrogen) atoms. The van der Waals surface area contributed by atoms with Crippen LogP contribution in [0.1, 0.15) is 33.1 Å². The molecular weight excluding hydrogens is 244 g/mol. The van der Waals surface area contributed by atoms with Gasteiger partial charge in [0.2, 0.25) is 5.91 Å². The Morgan fingerprint density at radius 3 is 2.63 bits per heavy atom. The highest BCUT2D eigenvalue weighted by molar-refractivity contribution is 5.79. The van der Waals surface area contributed by atoms with E-state index in [1.807, 2.05) is 4.90 Å². The van der Waals surface area contributed by atoms with Gasteiger partial charge < -0.3 is 14.7 Å². The molecule has 0 aromatic heterocycles. The molecule has 1 N–H and O–H groups in total. The first-order chi connectivity index (χ1) is 9.13. The minimum absolute atomic E-state index is 0.0342. The number of aliphatic hydroxyl groups excluding tert-OH is 1. The average molecular weight is 270 g/mol. The lowest BCUT2D eigenvalue weighted by Crippen LogP contribution is -2.55. The summed E-state index contributed by atoms with van der Waals surface area (Å²) >= 11 is 0. The van der Waals surface area contributed by atoms with Crippen LogP contribution in [0, 0.1) is 0 Å². The van der Waals surface area contributed by atoms with E-state index in [0.717, 1.165) is 19.4 Å². The Balaban J connectivity index is 1.95. The van der Waals surface area contributed by atoms with Gasteiger partial charge in [-0.3, -0.25) is 9.69 Å². The quantitative estimate of drug-likeness (QED) is 0.810. The maximum atomic E-state index is 12.5. The highest BCUT2D eigenvalue weighted by atomic mass is 16.5. The van der Waals surface area contributed by atoms with Crippen LogP contribution in [-0.2, 0) is 9.53 Å². The van der Waals surface area contributed by atoms with Crippen LogP contribution < -0.4 is 0 Å². The molecule has 0 radical (unpaired) electrons. The number of morpholine rings is 1. The van der Waals surface area contributed by atoms with Crippen molar-refractivity contribution in [1.29, 1.82) is 0 Å². The third kappa shape index (κ3) is 3.46. The lowest BCUT2D eigenvalue weighted by Gasteiger charge is -2.41. The molecule has 0 aliphatic carbocycles. The van der Waals surface area contributed by atoms with Gasteiger partial charge in [0.15, 0.2) is 0 Å². The first-order valence-corrected chi connectivity index (χ1v) is 7.37. The number of likely N-dealkylation sites (tertiary alicyclic amines) is 1. The first kappa shape index (κ1) is 14.8. The number of carbonyl (C=O) groups is 1. The molecule has 5 nitrogen and oxygen atoms in total. The second-order valence-electron chi connectivity index (χ2n) is 5.81. The number of hydrogen-bond donors (Lipinski definition) is 1.